The third kappa shape index (κ3) is 3.19. The Morgan fingerprint density at radius 2 is 1.71 bits per heavy atom. The number of thioether (sulfide) groups is 2. The first-order chi connectivity index (χ1) is 6.37. The molecule has 1 aliphatic rings. The van der Waals surface area contributed by atoms with Crippen LogP contribution in [0.25, 0.3) is 0 Å². The van der Waals surface area contributed by atoms with E-state index in [-0.39, 0.29) is 9.49 Å². The summed E-state index contributed by atoms with van der Waals surface area (Å²) in [4.78, 5) is 0. The molecule has 0 unspecified atom stereocenters. The molecule has 0 aromatic rings. The third-order valence-corrected chi connectivity index (χ3v) is 6.73. The zero-order valence-corrected chi connectivity index (χ0v) is 13.6. The lowest BCUT2D eigenvalue weighted by molar-refractivity contribution is 0.407. The van der Waals surface area contributed by atoms with Crippen molar-refractivity contribution >= 4 is 55.4 Å². The van der Waals surface area contributed by atoms with Gasteiger partial charge in [0.2, 0.25) is 0 Å². The van der Waals surface area contributed by atoms with Crippen molar-refractivity contribution in [2.75, 3.05) is 11.5 Å². The highest BCUT2D eigenvalue weighted by molar-refractivity contribution is 9.28. The first kappa shape index (κ1) is 13.5. The van der Waals surface area contributed by atoms with Gasteiger partial charge < -0.3 is 0 Å². The minimum absolute atomic E-state index is 0.216. The Morgan fingerprint density at radius 3 is 2.07 bits per heavy atom. The maximum Gasteiger partial charge on any atom is 0.0858 e. The van der Waals surface area contributed by atoms with Crippen LogP contribution in [-0.4, -0.2) is 15.6 Å². The summed E-state index contributed by atoms with van der Waals surface area (Å²) in [6.45, 7) is 6.95. The number of halogens is 2. The summed E-state index contributed by atoms with van der Waals surface area (Å²) in [6.07, 6.45) is 3.64. The summed E-state index contributed by atoms with van der Waals surface area (Å²) in [5.41, 5.74) is 0.287. The van der Waals surface area contributed by atoms with E-state index in [2.05, 4.69) is 82.2 Å². The normalized spacial score (nSPS) is 21.8. The van der Waals surface area contributed by atoms with Crippen LogP contribution in [0.3, 0.4) is 0 Å². The standard InChI is InChI=1S/C10H16Br2S2/c1-9(2,3)10(7-8(11)12)13-5-4-6-14-10/h7H,4-6H2,1-3H3. The molecule has 0 saturated carbocycles. The molecular weight excluding hydrogens is 344 g/mol. The van der Waals surface area contributed by atoms with Gasteiger partial charge in [-0.1, -0.05) is 20.8 Å². The Hall–Kier alpha value is 1.40. The fourth-order valence-electron chi connectivity index (χ4n) is 1.42. The van der Waals surface area contributed by atoms with Gasteiger partial charge in [0.05, 0.1) is 7.47 Å². The molecular formula is C10H16Br2S2. The van der Waals surface area contributed by atoms with Crippen molar-refractivity contribution in [2.24, 2.45) is 5.41 Å². The Kier molecular flexibility index (Phi) is 4.96. The van der Waals surface area contributed by atoms with Gasteiger partial charge in [0.15, 0.2) is 0 Å². The lowest BCUT2D eigenvalue weighted by Crippen LogP contribution is -2.37. The highest BCUT2D eigenvalue weighted by atomic mass is 79.9. The van der Waals surface area contributed by atoms with Gasteiger partial charge in [0.25, 0.3) is 0 Å². The average Bonchev–Trinajstić information content (AvgIpc) is 2.02. The van der Waals surface area contributed by atoms with E-state index in [9.17, 15) is 0 Å². The summed E-state index contributed by atoms with van der Waals surface area (Å²) in [7, 11) is 0. The molecule has 82 valence electrons. The van der Waals surface area contributed by atoms with Crippen LogP contribution in [0.2, 0.25) is 0 Å². The van der Waals surface area contributed by atoms with Gasteiger partial charge >= 0.3 is 0 Å². The quantitative estimate of drug-likeness (QED) is 0.628. The van der Waals surface area contributed by atoms with E-state index in [0.717, 1.165) is 3.39 Å². The van der Waals surface area contributed by atoms with Gasteiger partial charge in [0.1, 0.15) is 0 Å². The predicted molar refractivity (Wildman–Crippen MR) is 77.7 cm³/mol. The third-order valence-electron chi connectivity index (χ3n) is 2.27. The molecule has 14 heavy (non-hydrogen) atoms. The van der Waals surface area contributed by atoms with Crippen molar-refractivity contribution < 1.29 is 0 Å². The van der Waals surface area contributed by atoms with E-state index in [1.807, 2.05) is 0 Å². The second kappa shape index (κ2) is 5.15. The average molecular weight is 360 g/mol. The molecule has 0 atom stereocenters. The zero-order valence-electron chi connectivity index (χ0n) is 8.77. The van der Waals surface area contributed by atoms with Crippen LogP contribution in [0.1, 0.15) is 27.2 Å². The maximum atomic E-state index is 3.49. The Morgan fingerprint density at radius 1 is 1.21 bits per heavy atom. The van der Waals surface area contributed by atoms with E-state index in [1.54, 1.807) is 0 Å². The van der Waals surface area contributed by atoms with Crippen molar-refractivity contribution in [1.29, 1.82) is 0 Å². The van der Waals surface area contributed by atoms with E-state index in [0.29, 0.717) is 0 Å². The molecule has 0 bridgehead atoms. The van der Waals surface area contributed by atoms with Gasteiger partial charge in [-0.15, -0.1) is 23.5 Å². The van der Waals surface area contributed by atoms with E-state index in [1.165, 1.54) is 17.9 Å². The molecule has 1 aliphatic heterocycles. The minimum atomic E-state index is 0.216. The molecule has 1 saturated heterocycles. The first-order valence-corrected chi connectivity index (χ1v) is 8.25. The van der Waals surface area contributed by atoms with Gasteiger partial charge in [-0.2, -0.15) is 0 Å². The van der Waals surface area contributed by atoms with Crippen LogP contribution < -0.4 is 0 Å². The summed E-state index contributed by atoms with van der Waals surface area (Å²) in [5.74, 6) is 2.54. The number of rotatable bonds is 1. The van der Waals surface area contributed by atoms with Crippen molar-refractivity contribution in [2.45, 2.75) is 31.3 Å². The fraction of sp³-hybridized carbons (Fsp3) is 0.800. The number of hydrogen-bond acceptors (Lipinski definition) is 2. The molecule has 0 aromatic carbocycles. The number of hydrogen-bond donors (Lipinski definition) is 0. The summed E-state index contributed by atoms with van der Waals surface area (Å²) < 4.78 is 1.29. The minimum Gasteiger partial charge on any atom is -0.139 e. The summed E-state index contributed by atoms with van der Waals surface area (Å²) in [5, 5.41) is 0. The molecule has 0 radical (unpaired) electrons. The van der Waals surface area contributed by atoms with Gasteiger partial charge in [-0.25, -0.2) is 0 Å². The van der Waals surface area contributed by atoms with Crippen molar-refractivity contribution in [3.8, 4) is 0 Å². The van der Waals surface area contributed by atoms with E-state index >= 15 is 0 Å². The first-order valence-electron chi connectivity index (χ1n) is 4.69. The molecule has 0 spiro atoms. The summed E-state index contributed by atoms with van der Waals surface area (Å²) in [6, 6.07) is 0. The molecule has 1 rings (SSSR count). The van der Waals surface area contributed by atoms with Crippen LogP contribution in [-0.2, 0) is 0 Å². The van der Waals surface area contributed by atoms with Gasteiger partial charge in [0, 0.05) is 0 Å². The topological polar surface area (TPSA) is 0 Å². The second-order valence-corrected chi connectivity index (χ2v) is 10.1. The molecule has 0 aromatic heterocycles. The molecule has 0 N–H and O–H groups in total. The van der Waals surface area contributed by atoms with Crippen molar-refractivity contribution in [3.63, 3.8) is 0 Å². The zero-order chi connectivity index (χ0) is 10.8. The molecule has 0 nitrogen and oxygen atoms in total. The van der Waals surface area contributed by atoms with Gasteiger partial charge in [-0.05, 0) is 61.3 Å². The lowest BCUT2D eigenvalue weighted by atomic mass is 9.91. The highest BCUT2D eigenvalue weighted by Crippen LogP contribution is 2.55. The van der Waals surface area contributed by atoms with E-state index < -0.39 is 0 Å². The van der Waals surface area contributed by atoms with Crippen LogP contribution in [0.5, 0.6) is 0 Å². The van der Waals surface area contributed by atoms with Crippen LogP contribution >= 0.6 is 55.4 Å². The second-order valence-electron chi connectivity index (χ2n) is 4.40. The Bertz CT molecular complexity index is 221. The smallest absolute Gasteiger partial charge is 0.0858 e. The van der Waals surface area contributed by atoms with Crippen molar-refractivity contribution in [1.82, 2.24) is 0 Å². The SMILES string of the molecule is CC(C)(C)C1(C=C(Br)Br)SCCCS1. The fourth-order valence-corrected chi connectivity index (χ4v) is 6.19. The van der Waals surface area contributed by atoms with Gasteiger partial charge in [-0.3, -0.25) is 0 Å². The monoisotopic (exact) mass is 358 g/mol. The largest absolute Gasteiger partial charge is 0.139 e. The maximum absolute atomic E-state index is 3.49. The van der Waals surface area contributed by atoms with Crippen molar-refractivity contribution in [3.05, 3.63) is 9.47 Å². The Labute approximate surface area is 112 Å². The van der Waals surface area contributed by atoms with Crippen LogP contribution in [0.15, 0.2) is 9.47 Å². The molecule has 0 amide bonds. The lowest BCUT2D eigenvalue weighted by Gasteiger charge is -2.44. The molecule has 0 aliphatic carbocycles. The highest BCUT2D eigenvalue weighted by Gasteiger charge is 2.42. The molecule has 1 fully saturated rings. The Balaban J connectivity index is 2.95. The van der Waals surface area contributed by atoms with Crippen LogP contribution in [0.4, 0.5) is 0 Å². The summed E-state index contributed by atoms with van der Waals surface area (Å²) >= 11 is 11.1. The molecule has 1 heterocycles. The van der Waals surface area contributed by atoms with Crippen LogP contribution in [0, 0.1) is 5.41 Å². The predicted octanol–water partition coefficient (Wildman–Crippen LogP) is 5.23. The molecule has 4 heteroatoms. The van der Waals surface area contributed by atoms with E-state index in [4.69, 9.17) is 0 Å².